The Morgan fingerprint density at radius 2 is 1.61 bits per heavy atom. The van der Waals surface area contributed by atoms with Crippen molar-refractivity contribution in [1.82, 2.24) is 10.2 Å². The van der Waals surface area contributed by atoms with Crippen LogP contribution in [0.25, 0.3) is 0 Å². The molecule has 1 aliphatic heterocycles. The Bertz CT molecular complexity index is 1200. The van der Waals surface area contributed by atoms with Crippen molar-refractivity contribution in [3.8, 4) is 0 Å². The highest BCUT2D eigenvalue weighted by molar-refractivity contribution is 5.92. The highest BCUT2D eigenvalue weighted by Gasteiger charge is 2.47. The van der Waals surface area contributed by atoms with Crippen LogP contribution in [0.2, 0.25) is 0 Å². The molecule has 36 heavy (non-hydrogen) atoms. The molecule has 0 bridgehead atoms. The molecular weight excluding hydrogens is 454 g/mol. The van der Waals surface area contributed by atoms with Crippen LogP contribution in [0, 0.1) is 0 Å². The zero-order valence-electron chi connectivity index (χ0n) is 20.5. The average molecular weight is 486 g/mol. The van der Waals surface area contributed by atoms with E-state index in [1.54, 1.807) is 24.3 Å². The molecule has 3 aromatic rings. The van der Waals surface area contributed by atoms with Gasteiger partial charge in [0.1, 0.15) is 0 Å². The molecule has 1 saturated heterocycles. The van der Waals surface area contributed by atoms with Gasteiger partial charge < -0.3 is 15.4 Å². The van der Waals surface area contributed by atoms with E-state index in [1.165, 1.54) is 4.90 Å². The van der Waals surface area contributed by atoms with Crippen LogP contribution in [0.4, 0.5) is 10.5 Å². The fraction of sp³-hybridized carbons (Fsp3) is 0.276. The van der Waals surface area contributed by atoms with Crippen LogP contribution in [0.15, 0.2) is 84.9 Å². The van der Waals surface area contributed by atoms with Crippen LogP contribution in [-0.2, 0) is 27.3 Å². The van der Waals surface area contributed by atoms with Gasteiger partial charge in [0.25, 0.3) is 0 Å². The van der Waals surface area contributed by atoms with Gasteiger partial charge in [-0.1, -0.05) is 79.7 Å². The first-order valence-corrected chi connectivity index (χ1v) is 12.2. The summed E-state index contributed by atoms with van der Waals surface area (Å²) in [6.07, 6.45) is -0.351. The standard InChI is InChI=1S/C29H31N3O4/c1-3-20(2)30-28(34)26-27(36-29(35)32(26)19-22-13-8-5-9-14-22)23-15-10-16-24(18-23)31-25(33)17-21-11-6-4-7-12-21/h4-16,18,20,26-27H,3,17,19H2,1-2H3,(H,30,34)(H,31,33). The summed E-state index contributed by atoms with van der Waals surface area (Å²) in [6, 6.07) is 25.2. The molecule has 0 saturated carbocycles. The molecule has 0 radical (unpaired) electrons. The second-order valence-electron chi connectivity index (χ2n) is 9.02. The van der Waals surface area contributed by atoms with E-state index < -0.39 is 18.2 Å². The normalized spacial score (nSPS) is 17.8. The lowest BCUT2D eigenvalue weighted by Crippen LogP contribution is -2.48. The van der Waals surface area contributed by atoms with Gasteiger partial charge in [0, 0.05) is 11.7 Å². The van der Waals surface area contributed by atoms with Crippen LogP contribution >= 0.6 is 0 Å². The maximum atomic E-state index is 13.4. The Labute approximate surface area is 211 Å². The van der Waals surface area contributed by atoms with Crippen LogP contribution in [0.3, 0.4) is 0 Å². The number of anilines is 1. The van der Waals surface area contributed by atoms with Crippen LogP contribution in [-0.4, -0.2) is 34.9 Å². The van der Waals surface area contributed by atoms with Gasteiger partial charge in [0.15, 0.2) is 12.1 Å². The van der Waals surface area contributed by atoms with E-state index in [2.05, 4.69) is 10.6 Å². The SMILES string of the molecule is CCC(C)NC(=O)C1C(c2cccc(NC(=O)Cc3ccccc3)c2)OC(=O)N1Cc1ccccc1. The summed E-state index contributed by atoms with van der Waals surface area (Å²) in [5, 5.41) is 5.91. The zero-order valence-corrected chi connectivity index (χ0v) is 20.5. The monoisotopic (exact) mass is 485 g/mol. The molecule has 1 aliphatic rings. The molecule has 2 N–H and O–H groups in total. The number of rotatable bonds is 9. The third-order valence-electron chi connectivity index (χ3n) is 6.26. The van der Waals surface area contributed by atoms with E-state index in [0.717, 1.165) is 17.5 Å². The summed E-state index contributed by atoms with van der Waals surface area (Å²) in [4.78, 5) is 40.4. The second-order valence-corrected chi connectivity index (χ2v) is 9.02. The molecule has 7 heteroatoms. The van der Waals surface area contributed by atoms with E-state index >= 15 is 0 Å². The van der Waals surface area contributed by atoms with Crippen molar-refractivity contribution in [2.75, 3.05) is 5.32 Å². The first-order chi connectivity index (χ1) is 17.4. The number of cyclic esters (lactones) is 1. The zero-order chi connectivity index (χ0) is 25.5. The number of carbonyl (C=O) groups excluding carboxylic acids is 3. The lowest BCUT2D eigenvalue weighted by molar-refractivity contribution is -0.127. The summed E-state index contributed by atoms with van der Waals surface area (Å²) in [6.45, 7) is 4.17. The van der Waals surface area contributed by atoms with Crippen molar-refractivity contribution < 1.29 is 19.1 Å². The number of nitrogens with zero attached hydrogens (tertiary/aromatic N) is 1. The number of carbonyl (C=O) groups is 3. The second kappa shape index (κ2) is 11.5. The van der Waals surface area contributed by atoms with Gasteiger partial charge >= 0.3 is 6.09 Å². The molecule has 186 valence electrons. The Morgan fingerprint density at radius 1 is 0.944 bits per heavy atom. The van der Waals surface area contributed by atoms with Gasteiger partial charge in [-0.3, -0.25) is 14.5 Å². The third kappa shape index (κ3) is 6.10. The van der Waals surface area contributed by atoms with Gasteiger partial charge in [0.05, 0.1) is 13.0 Å². The largest absolute Gasteiger partial charge is 0.438 e. The maximum Gasteiger partial charge on any atom is 0.411 e. The summed E-state index contributed by atoms with van der Waals surface area (Å²) in [5.41, 5.74) is 3.03. The van der Waals surface area contributed by atoms with Gasteiger partial charge in [0.2, 0.25) is 11.8 Å². The van der Waals surface area contributed by atoms with Gasteiger partial charge in [-0.2, -0.15) is 0 Å². The minimum Gasteiger partial charge on any atom is -0.438 e. The minimum atomic E-state index is -0.845. The van der Waals surface area contributed by atoms with E-state index in [9.17, 15) is 14.4 Å². The first kappa shape index (κ1) is 25.0. The number of hydrogen-bond acceptors (Lipinski definition) is 4. The maximum absolute atomic E-state index is 13.4. The molecule has 0 aliphatic carbocycles. The van der Waals surface area contributed by atoms with Gasteiger partial charge in [-0.05, 0) is 42.2 Å². The summed E-state index contributed by atoms with van der Waals surface area (Å²) < 4.78 is 5.75. The van der Waals surface area contributed by atoms with Crippen molar-refractivity contribution in [3.63, 3.8) is 0 Å². The number of benzene rings is 3. The summed E-state index contributed by atoms with van der Waals surface area (Å²) in [5.74, 6) is -0.423. The molecule has 4 rings (SSSR count). The van der Waals surface area contributed by atoms with Crippen molar-refractivity contribution in [3.05, 3.63) is 102 Å². The van der Waals surface area contributed by atoms with Crippen LogP contribution < -0.4 is 10.6 Å². The molecule has 3 aromatic carbocycles. The van der Waals surface area contributed by atoms with Crippen molar-refractivity contribution in [2.24, 2.45) is 0 Å². The number of amides is 3. The minimum absolute atomic E-state index is 0.0453. The average Bonchev–Trinajstić information content (AvgIpc) is 3.21. The van der Waals surface area contributed by atoms with E-state index in [1.807, 2.05) is 74.5 Å². The predicted molar refractivity (Wildman–Crippen MR) is 138 cm³/mol. The Morgan fingerprint density at radius 3 is 2.28 bits per heavy atom. The smallest absolute Gasteiger partial charge is 0.411 e. The Kier molecular flexibility index (Phi) is 8.00. The predicted octanol–water partition coefficient (Wildman–Crippen LogP) is 4.84. The highest BCUT2D eigenvalue weighted by Crippen LogP contribution is 2.35. The summed E-state index contributed by atoms with van der Waals surface area (Å²) >= 11 is 0. The molecule has 0 aromatic heterocycles. The highest BCUT2D eigenvalue weighted by atomic mass is 16.6. The third-order valence-corrected chi connectivity index (χ3v) is 6.26. The molecule has 0 spiro atoms. The van der Waals surface area contributed by atoms with Crippen LogP contribution in [0.1, 0.15) is 43.1 Å². The lowest BCUT2D eigenvalue weighted by atomic mass is 9.99. The van der Waals surface area contributed by atoms with Gasteiger partial charge in [-0.15, -0.1) is 0 Å². The molecule has 3 amide bonds. The molecule has 1 fully saturated rings. The fourth-order valence-corrected chi connectivity index (χ4v) is 4.20. The first-order valence-electron chi connectivity index (χ1n) is 12.2. The fourth-order valence-electron chi connectivity index (χ4n) is 4.20. The van der Waals surface area contributed by atoms with Gasteiger partial charge in [-0.25, -0.2) is 4.79 Å². The Hall–Kier alpha value is -4.13. The van der Waals surface area contributed by atoms with E-state index in [-0.39, 0.29) is 30.8 Å². The number of ether oxygens (including phenoxy) is 1. The molecule has 7 nitrogen and oxygen atoms in total. The molecular formula is C29H31N3O4. The lowest BCUT2D eigenvalue weighted by Gasteiger charge is -2.26. The molecule has 3 atom stereocenters. The van der Waals surface area contributed by atoms with Crippen molar-refractivity contribution in [1.29, 1.82) is 0 Å². The topological polar surface area (TPSA) is 87.7 Å². The molecule has 3 unspecified atom stereocenters. The number of nitrogens with one attached hydrogen (secondary N) is 2. The number of hydrogen-bond donors (Lipinski definition) is 2. The van der Waals surface area contributed by atoms with Crippen LogP contribution in [0.5, 0.6) is 0 Å². The molecule has 1 heterocycles. The quantitative estimate of drug-likeness (QED) is 0.454. The van der Waals surface area contributed by atoms with Crippen molar-refractivity contribution in [2.45, 2.75) is 51.4 Å². The van der Waals surface area contributed by atoms with E-state index in [4.69, 9.17) is 4.74 Å². The van der Waals surface area contributed by atoms with E-state index in [0.29, 0.717) is 11.3 Å². The van der Waals surface area contributed by atoms with Crippen molar-refractivity contribution >= 4 is 23.6 Å². The summed E-state index contributed by atoms with van der Waals surface area (Å²) in [7, 11) is 0. The Balaban J connectivity index is 1.56.